The second-order valence-electron chi connectivity index (χ2n) is 4.49. The predicted octanol–water partition coefficient (Wildman–Crippen LogP) is 0.294. The minimum Gasteiger partial charge on any atom is -0.351 e. The molecule has 1 aromatic rings. The number of nitrogens with zero attached hydrogens (tertiary/aromatic N) is 3. The van der Waals surface area contributed by atoms with E-state index in [0.29, 0.717) is 23.5 Å². The van der Waals surface area contributed by atoms with E-state index in [2.05, 4.69) is 34.1 Å². The third-order valence-electron chi connectivity index (χ3n) is 3.12. The predicted molar refractivity (Wildman–Crippen MR) is 71.9 cm³/mol. The lowest BCUT2D eigenvalue weighted by atomic mass is 10.2. The van der Waals surface area contributed by atoms with E-state index >= 15 is 0 Å². The molecule has 1 aliphatic heterocycles. The van der Waals surface area contributed by atoms with E-state index in [9.17, 15) is 4.79 Å². The zero-order valence-corrected chi connectivity index (χ0v) is 11.5. The van der Waals surface area contributed by atoms with Crippen LogP contribution in [0.25, 0.3) is 0 Å². The summed E-state index contributed by atoms with van der Waals surface area (Å²) in [5.41, 5.74) is 0.402. The fourth-order valence-electron chi connectivity index (χ4n) is 1.62. The summed E-state index contributed by atoms with van der Waals surface area (Å²) in [6.45, 7) is 4.63. The summed E-state index contributed by atoms with van der Waals surface area (Å²) in [6.07, 6.45) is 4.76. The molecule has 1 aliphatic rings. The quantitative estimate of drug-likeness (QED) is 0.777. The first-order chi connectivity index (χ1) is 8.70. The molecule has 100 valence electrons. The smallest absolute Gasteiger partial charge is 0.273 e. The monoisotopic (exact) mass is 269 g/mol. The fraction of sp³-hybridized carbons (Fsp3) is 0.727. The third kappa shape index (κ3) is 3.23. The molecule has 0 bridgehead atoms. The summed E-state index contributed by atoms with van der Waals surface area (Å²) < 4.78 is 1.76. The molecule has 2 rings (SSSR count). The highest BCUT2D eigenvalue weighted by Crippen LogP contribution is 2.10. The summed E-state index contributed by atoms with van der Waals surface area (Å²) >= 11 is 1.80. The van der Waals surface area contributed by atoms with Crippen LogP contribution >= 0.6 is 11.8 Å². The molecule has 1 unspecified atom stereocenters. The number of hydrogen-bond acceptors (Lipinski definition) is 5. The van der Waals surface area contributed by atoms with Gasteiger partial charge >= 0.3 is 0 Å². The molecular formula is C11H19N5OS. The van der Waals surface area contributed by atoms with Crippen LogP contribution in [0.5, 0.6) is 0 Å². The second-order valence-corrected chi connectivity index (χ2v) is 5.76. The molecule has 2 heterocycles. The molecule has 18 heavy (non-hydrogen) atoms. The van der Waals surface area contributed by atoms with E-state index < -0.39 is 0 Å². The summed E-state index contributed by atoms with van der Waals surface area (Å²) in [4.78, 5) is 11.8. The van der Waals surface area contributed by atoms with Crippen LogP contribution in [-0.2, 0) is 0 Å². The van der Waals surface area contributed by atoms with Gasteiger partial charge in [0.05, 0.1) is 12.2 Å². The van der Waals surface area contributed by atoms with Gasteiger partial charge in [0.1, 0.15) is 0 Å². The third-order valence-corrected chi connectivity index (χ3v) is 4.16. The lowest BCUT2D eigenvalue weighted by Gasteiger charge is -2.26. The molecular weight excluding hydrogens is 250 g/mol. The maximum Gasteiger partial charge on any atom is 0.273 e. The number of carbonyl (C=O) groups excluding carboxylic acids is 1. The van der Waals surface area contributed by atoms with Gasteiger partial charge in [0.15, 0.2) is 5.69 Å². The maximum absolute atomic E-state index is 11.8. The van der Waals surface area contributed by atoms with Gasteiger partial charge in [-0.1, -0.05) is 12.1 Å². The molecule has 1 saturated heterocycles. The van der Waals surface area contributed by atoms with E-state index in [1.54, 1.807) is 22.6 Å². The van der Waals surface area contributed by atoms with Crippen LogP contribution in [0.2, 0.25) is 0 Å². The number of thioether (sulfide) groups is 1. The Morgan fingerprint density at radius 3 is 3.11 bits per heavy atom. The fourth-order valence-corrected chi connectivity index (χ4v) is 1.97. The van der Waals surface area contributed by atoms with Gasteiger partial charge in [-0.25, -0.2) is 4.68 Å². The first-order valence-corrected chi connectivity index (χ1v) is 7.43. The summed E-state index contributed by atoms with van der Waals surface area (Å²) in [6, 6.07) is 0.343. The standard InChI is InChI=1S/C11H19N5OS/c1-8(18-2)3-4-13-11(17)10-7-16(15-14-10)9-5-12-6-9/h7-9,12H,3-6H2,1-2H3,(H,13,17). The van der Waals surface area contributed by atoms with Crippen LogP contribution in [0.15, 0.2) is 6.20 Å². The molecule has 7 heteroatoms. The Morgan fingerprint density at radius 2 is 2.50 bits per heavy atom. The van der Waals surface area contributed by atoms with Crippen molar-refractivity contribution in [1.29, 1.82) is 0 Å². The van der Waals surface area contributed by atoms with Crippen molar-refractivity contribution in [3.8, 4) is 0 Å². The van der Waals surface area contributed by atoms with Crippen molar-refractivity contribution in [1.82, 2.24) is 25.6 Å². The largest absolute Gasteiger partial charge is 0.351 e. The molecule has 0 aromatic carbocycles. The molecule has 1 aromatic heterocycles. The lowest BCUT2D eigenvalue weighted by molar-refractivity contribution is 0.0948. The van der Waals surface area contributed by atoms with Crippen molar-refractivity contribution < 1.29 is 4.79 Å². The molecule has 1 atom stereocenters. The van der Waals surface area contributed by atoms with E-state index in [1.165, 1.54) is 0 Å². The summed E-state index contributed by atoms with van der Waals surface area (Å²) in [7, 11) is 0. The maximum atomic E-state index is 11.8. The Labute approximate surface area is 111 Å². The van der Waals surface area contributed by atoms with Crippen LogP contribution < -0.4 is 10.6 Å². The van der Waals surface area contributed by atoms with Gasteiger partial charge in [-0.3, -0.25) is 4.79 Å². The Hall–Kier alpha value is -1.08. The van der Waals surface area contributed by atoms with E-state index in [4.69, 9.17) is 0 Å². The van der Waals surface area contributed by atoms with Crippen molar-refractivity contribution in [3.63, 3.8) is 0 Å². The first kappa shape index (κ1) is 13.4. The topological polar surface area (TPSA) is 71.8 Å². The van der Waals surface area contributed by atoms with Crippen LogP contribution in [0.4, 0.5) is 0 Å². The average Bonchev–Trinajstić information content (AvgIpc) is 2.75. The normalized spacial score (nSPS) is 17.2. The molecule has 0 aliphatic carbocycles. The molecule has 2 N–H and O–H groups in total. The van der Waals surface area contributed by atoms with Gasteiger partial charge in [-0.05, 0) is 12.7 Å². The van der Waals surface area contributed by atoms with Gasteiger partial charge in [0.25, 0.3) is 5.91 Å². The Kier molecular flexibility index (Phi) is 4.60. The van der Waals surface area contributed by atoms with Gasteiger partial charge in [0.2, 0.25) is 0 Å². The Morgan fingerprint density at radius 1 is 1.72 bits per heavy atom. The van der Waals surface area contributed by atoms with Crippen molar-refractivity contribution in [2.75, 3.05) is 25.9 Å². The highest BCUT2D eigenvalue weighted by atomic mass is 32.2. The van der Waals surface area contributed by atoms with E-state index in [-0.39, 0.29) is 5.91 Å². The summed E-state index contributed by atoms with van der Waals surface area (Å²) in [5.74, 6) is -0.137. The highest BCUT2D eigenvalue weighted by molar-refractivity contribution is 7.99. The van der Waals surface area contributed by atoms with Crippen LogP contribution in [0, 0.1) is 0 Å². The first-order valence-electron chi connectivity index (χ1n) is 6.14. The van der Waals surface area contributed by atoms with Gasteiger partial charge in [-0.15, -0.1) is 5.10 Å². The molecule has 0 spiro atoms. The van der Waals surface area contributed by atoms with Gasteiger partial charge in [-0.2, -0.15) is 11.8 Å². The Balaban J connectivity index is 1.79. The van der Waals surface area contributed by atoms with Crippen molar-refractivity contribution in [3.05, 3.63) is 11.9 Å². The van der Waals surface area contributed by atoms with E-state index in [0.717, 1.165) is 19.5 Å². The van der Waals surface area contributed by atoms with Gasteiger partial charge in [0, 0.05) is 24.9 Å². The van der Waals surface area contributed by atoms with Crippen LogP contribution in [0.3, 0.4) is 0 Å². The minimum absolute atomic E-state index is 0.137. The number of nitrogens with one attached hydrogen (secondary N) is 2. The number of hydrogen-bond donors (Lipinski definition) is 2. The zero-order chi connectivity index (χ0) is 13.0. The molecule has 0 saturated carbocycles. The number of carbonyl (C=O) groups is 1. The minimum atomic E-state index is -0.137. The lowest BCUT2D eigenvalue weighted by Crippen LogP contribution is -2.43. The van der Waals surface area contributed by atoms with Crippen molar-refractivity contribution in [2.45, 2.75) is 24.6 Å². The molecule has 1 fully saturated rings. The molecule has 6 nitrogen and oxygen atoms in total. The van der Waals surface area contributed by atoms with Gasteiger partial charge < -0.3 is 10.6 Å². The van der Waals surface area contributed by atoms with E-state index in [1.807, 2.05) is 0 Å². The second kappa shape index (κ2) is 6.19. The highest BCUT2D eigenvalue weighted by Gasteiger charge is 2.21. The van der Waals surface area contributed by atoms with Crippen molar-refractivity contribution >= 4 is 17.7 Å². The van der Waals surface area contributed by atoms with Crippen LogP contribution in [0.1, 0.15) is 29.9 Å². The Bertz CT molecular complexity index is 404. The molecule has 1 amide bonds. The number of aromatic nitrogens is 3. The van der Waals surface area contributed by atoms with Crippen molar-refractivity contribution in [2.24, 2.45) is 0 Å². The van der Waals surface area contributed by atoms with Crippen LogP contribution in [-0.4, -0.2) is 52.0 Å². The summed E-state index contributed by atoms with van der Waals surface area (Å²) in [5, 5.41) is 14.5. The number of amides is 1. The average molecular weight is 269 g/mol. The zero-order valence-electron chi connectivity index (χ0n) is 10.7. The SMILES string of the molecule is CSC(C)CCNC(=O)c1cn(C2CNC2)nn1. The number of rotatable bonds is 6. The molecule has 0 radical (unpaired) electrons.